The Labute approximate surface area is 117 Å². The third kappa shape index (κ3) is 2.90. The molecule has 0 N–H and O–H groups in total. The fourth-order valence-electron chi connectivity index (χ4n) is 1.92. The van der Waals surface area contributed by atoms with E-state index in [4.69, 9.17) is 27.9 Å². The maximum absolute atomic E-state index is 11.7. The molecule has 1 atom stereocenters. The Hall–Kier alpha value is -0.930. The van der Waals surface area contributed by atoms with E-state index >= 15 is 0 Å². The molecule has 2 rings (SSSR count). The van der Waals surface area contributed by atoms with Crippen LogP contribution in [0.4, 0.5) is 5.69 Å². The first-order chi connectivity index (χ1) is 8.47. The normalized spacial score (nSPS) is 19.7. The minimum atomic E-state index is -0.122. The van der Waals surface area contributed by atoms with Crippen molar-refractivity contribution in [3.05, 3.63) is 23.2 Å². The van der Waals surface area contributed by atoms with Gasteiger partial charge in [0, 0.05) is 18.7 Å². The third-order valence-corrected chi connectivity index (χ3v) is 3.26. The molecule has 1 aliphatic heterocycles. The van der Waals surface area contributed by atoms with Crippen molar-refractivity contribution in [3.63, 3.8) is 0 Å². The summed E-state index contributed by atoms with van der Waals surface area (Å²) in [5.41, 5.74) is 0.768. The van der Waals surface area contributed by atoms with Gasteiger partial charge in [0.15, 0.2) is 0 Å². The smallest absolute Gasteiger partial charge is 0.228 e. The van der Waals surface area contributed by atoms with Gasteiger partial charge in [-0.15, -0.1) is 11.6 Å². The van der Waals surface area contributed by atoms with Gasteiger partial charge < -0.3 is 9.64 Å². The summed E-state index contributed by atoms with van der Waals surface area (Å²) in [4.78, 5) is 13.4. The Bertz CT molecular complexity index is 462. The third-order valence-electron chi connectivity index (χ3n) is 2.67. The zero-order valence-electron chi connectivity index (χ0n) is 10.3. The van der Waals surface area contributed by atoms with E-state index in [0.717, 1.165) is 5.69 Å². The maximum atomic E-state index is 11.7. The molecule has 1 amide bonds. The summed E-state index contributed by atoms with van der Waals surface area (Å²) < 4.78 is 5.55. The molecular formula is C13H15Cl2NO2. The lowest BCUT2D eigenvalue weighted by atomic mass is 10.2. The summed E-state index contributed by atoms with van der Waals surface area (Å²) in [6.45, 7) is 4.40. The lowest BCUT2D eigenvalue weighted by Gasteiger charge is -2.18. The summed E-state index contributed by atoms with van der Waals surface area (Å²) in [6, 6.07) is 5.36. The Morgan fingerprint density at radius 2 is 2.17 bits per heavy atom. The van der Waals surface area contributed by atoms with E-state index in [1.165, 1.54) is 0 Å². The van der Waals surface area contributed by atoms with Gasteiger partial charge in [0.25, 0.3) is 0 Å². The van der Waals surface area contributed by atoms with E-state index in [9.17, 15) is 4.79 Å². The zero-order valence-corrected chi connectivity index (χ0v) is 11.8. The summed E-state index contributed by atoms with van der Waals surface area (Å²) >= 11 is 12.1. The SMILES string of the molecule is CC(C)Oc1ccc(N2CC(Cl)CC2=O)cc1Cl. The number of carbonyl (C=O) groups is 1. The predicted molar refractivity (Wildman–Crippen MR) is 73.8 cm³/mol. The van der Waals surface area contributed by atoms with Crippen LogP contribution in [0.2, 0.25) is 5.02 Å². The van der Waals surface area contributed by atoms with Gasteiger partial charge in [0.05, 0.1) is 16.5 Å². The fourth-order valence-corrected chi connectivity index (χ4v) is 2.41. The number of nitrogens with zero attached hydrogens (tertiary/aromatic N) is 1. The Morgan fingerprint density at radius 1 is 1.44 bits per heavy atom. The quantitative estimate of drug-likeness (QED) is 0.797. The van der Waals surface area contributed by atoms with Crippen LogP contribution in [0, 0.1) is 0 Å². The Morgan fingerprint density at radius 3 is 2.67 bits per heavy atom. The molecular weight excluding hydrogens is 273 g/mol. The second kappa shape index (κ2) is 5.37. The van der Waals surface area contributed by atoms with Gasteiger partial charge in [-0.1, -0.05) is 11.6 Å². The molecule has 0 spiro atoms. The molecule has 1 saturated heterocycles. The zero-order chi connectivity index (χ0) is 13.3. The molecule has 1 aromatic carbocycles. The second-order valence-electron chi connectivity index (χ2n) is 4.59. The molecule has 1 aliphatic rings. The van der Waals surface area contributed by atoms with Crippen LogP contribution in [0.15, 0.2) is 18.2 Å². The van der Waals surface area contributed by atoms with Crippen molar-refractivity contribution in [2.24, 2.45) is 0 Å². The van der Waals surface area contributed by atoms with E-state index in [1.54, 1.807) is 17.0 Å². The topological polar surface area (TPSA) is 29.5 Å². The van der Waals surface area contributed by atoms with Crippen molar-refractivity contribution in [2.75, 3.05) is 11.4 Å². The number of hydrogen-bond acceptors (Lipinski definition) is 2. The van der Waals surface area contributed by atoms with Crippen LogP contribution in [0.25, 0.3) is 0 Å². The number of halogens is 2. The van der Waals surface area contributed by atoms with Crippen LogP contribution in [-0.4, -0.2) is 23.9 Å². The molecule has 18 heavy (non-hydrogen) atoms. The molecule has 1 unspecified atom stereocenters. The highest BCUT2D eigenvalue weighted by atomic mass is 35.5. The molecule has 5 heteroatoms. The van der Waals surface area contributed by atoms with Gasteiger partial charge >= 0.3 is 0 Å². The first-order valence-corrected chi connectivity index (χ1v) is 6.69. The minimum absolute atomic E-state index is 0.0311. The highest BCUT2D eigenvalue weighted by molar-refractivity contribution is 6.32. The van der Waals surface area contributed by atoms with E-state index in [2.05, 4.69) is 0 Å². The van der Waals surface area contributed by atoms with Gasteiger partial charge in [-0.05, 0) is 32.0 Å². The summed E-state index contributed by atoms with van der Waals surface area (Å²) in [5, 5.41) is 0.384. The average molecular weight is 288 g/mol. The number of carbonyl (C=O) groups excluding carboxylic acids is 1. The predicted octanol–water partition coefficient (Wildman–Crippen LogP) is 3.47. The molecule has 3 nitrogen and oxygen atoms in total. The lowest BCUT2D eigenvalue weighted by Crippen LogP contribution is -2.24. The molecule has 0 radical (unpaired) electrons. The largest absolute Gasteiger partial charge is 0.489 e. The van der Waals surface area contributed by atoms with Crippen LogP contribution in [-0.2, 0) is 4.79 Å². The number of rotatable bonds is 3. The van der Waals surface area contributed by atoms with Crippen molar-refractivity contribution >= 4 is 34.8 Å². The van der Waals surface area contributed by atoms with Crippen molar-refractivity contribution in [3.8, 4) is 5.75 Å². The van der Waals surface area contributed by atoms with E-state index < -0.39 is 0 Å². The first kappa shape index (κ1) is 13.5. The van der Waals surface area contributed by atoms with Crippen molar-refractivity contribution < 1.29 is 9.53 Å². The first-order valence-electron chi connectivity index (χ1n) is 5.88. The molecule has 1 aromatic rings. The van der Waals surface area contributed by atoms with Crippen LogP contribution in [0.3, 0.4) is 0 Å². The van der Waals surface area contributed by atoms with Gasteiger partial charge in [-0.2, -0.15) is 0 Å². The van der Waals surface area contributed by atoms with Crippen molar-refractivity contribution in [1.29, 1.82) is 0 Å². The monoisotopic (exact) mass is 287 g/mol. The number of hydrogen-bond donors (Lipinski definition) is 0. The second-order valence-corrected chi connectivity index (χ2v) is 5.61. The Balaban J connectivity index is 2.21. The van der Waals surface area contributed by atoms with Gasteiger partial charge in [0.1, 0.15) is 5.75 Å². The lowest BCUT2D eigenvalue weighted by molar-refractivity contribution is -0.117. The Kier molecular flexibility index (Phi) is 4.03. The van der Waals surface area contributed by atoms with Gasteiger partial charge in [-0.25, -0.2) is 0 Å². The summed E-state index contributed by atoms with van der Waals surface area (Å²) in [6.07, 6.45) is 0.442. The number of amides is 1. The maximum Gasteiger partial charge on any atom is 0.228 e. The summed E-state index contributed by atoms with van der Waals surface area (Å²) in [5.74, 6) is 0.660. The fraction of sp³-hybridized carbons (Fsp3) is 0.462. The van der Waals surface area contributed by atoms with Gasteiger partial charge in [-0.3, -0.25) is 4.79 Å². The van der Waals surface area contributed by atoms with E-state index in [-0.39, 0.29) is 17.4 Å². The molecule has 1 fully saturated rings. The highest BCUT2D eigenvalue weighted by Crippen LogP contribution is 2.32. The standard InChI is InChI=1S/C13H15Cl2NO2/c1-8(2)18-12-4-3-10(6-11(12)15)16-7-9(14)5-13(16)17/h3-4,6,8-9H,5,7H2,1-2H3. The number of anilines is 1. The van der Waals surface area contributed by atoms with Crippen LogP contribution >= 0.6 is 23.2 Å². The highest BCUT2D eigenvalue weighted by Gasteiger charge is 2.29. The number of benzene rings is 1. The minimum Gasteiger partial charge on any atom is -0.489 e. The van der Waals surface area contributed by atoms with Crippen LogP contribution in [0.1, 0.15) is 20.3 Å². The molecule has 98 valence electrons. The average Bonchev–Trinajstić information content (AvgIpc) is 2.60. The number of alkyl halides is 1. The molecule has 1 heterocycles. The van der Waals surface area contributed by atoms with Crippen LogP contribution < -0.4 is 9.64 Å². The number of ether oxygens (including phenoxy) is 1. The molecule has 0 bridgehead atoms. The van der Waals surface area contributed by atoms with Crippen LogP contribution in [0.5, 0.6) is 5.75 Å². The molecule has 0 saturated carbocycles. The summed E-state index contributed by atoms with van der Waals surface area (Å²) in [7, 11) is 0. The van der Waals surface area contributed by atoms with E-state index in [1.807, 2.05) is 19.9 Å². The van der Waals surface area contributed by atoms with Crippen molar-refractivity contribution in [1.82, 2.24) is 0 Å². The van der Waals surface area contributed by atoms with Gasteiger partial charge in [0.2, 0.25) is 5.91 Å². The van der Waals surface area contributed by atoms with E-state index in [0.29, 0.717) is 23.7 Å². The molecule has 0 aromatic heterocycles. The van der Waals surface area contributed by atoms with Crippen molar-refractivity contribution in [2.45, 2.75) is 31.7 Å². The molecule has 0 aliphatic carbocycles.